The van der Waals surface area contributed by atoms with Gasteiger partial charge < -0.3 is 10.4 Å². The van der Waals surface area contributed by atoms with Gasteiger partial charge in [0, 0.05) is 25.2 Å². The monoisotopic (exact) mass is 275 g/mol. The van der Waals surface area contributed by atoms with Crippen molar-refractivity contribution in [3.8, 4) is 6.07 Å². The lowest BCUT2D eigenvalue weighted by Gasteiger charge is -2.21. The van der Waals surface area contributed by atoms with E-state index in [9.17, 15) is 9.59 Å². The Labute approximate surface area is 117 Å². The molecule has 1 atom stereocenters. The molecule has 0 fully saturated rings. The van der Waals surface area contributed by atoms with Crippen LogP contribution in [0.3, 0.4) is 0 Å². The van der Waals surface area contributed by atoms with Crippen LogP contribution >= 0.6 is 0 Å². The zero-order chi connectivity index (χ0) is 15.1. The number of urea groups is 1. The van der Waals surface area contributed by atoms with Gasteiger partial charge in [-0.15, -0.1) is 0 Å². The van der Waals surface area contributed by atoms with Gasteiger partial charge in [0.2, 0.25) is 0 Å². The lowest BCUT2D eigenvalue weighted by atomic mass is 10.2. The summed E-state index contributed by atoms with van der Waals surface area (Å²) in [4.78, 5) is 23.8. The average molecular weight is 275 g/mol. The van der Waals surface area contributed by atoms with E-state index in [0.717, 1.165) is 0 Å². The van der Waals surface area contributed by atoms with Crippen molar-refractivity contribution in [1.82, 2.24) is 5.32 Å². The normalized spacial score (nSPS) is 11.2. The molecule has 1 aromatic rings. The second-order valence-electron chi connectivity index (χ2n) is 4.50. The summed E-state index contributed by atoms with van der Waals surface area (Å²) < 4.78 is 0. The van der Waals surface area contributed by atoms with Crippen LogP contribution in [0.25, 0.3) is 0 Å². The van der Waals surface area contributed by atoms with Crippen LogP contribution in [0.15, 0.2) is 24.3 Å². The van der Waals surface area contributed by atoms with Crippen molar-refractivity contribution in [3.63, 3.8) is 0 Å². The van der Waals surface area contributed by atoms with Crippen molar-refractivity contribution in [3.05, 3.63) is 29.8 Å². The van der Waals surface area contributed by atoms with Gasteiger partial charge in [0.1, 0.15) is 0 Å². The number of amides is 2. The first-order valence-corrected chi connectivity index (χ1v) is 6.20. The minimum absolute atomic E-state index is 0.0159. The molecule has 0 spiro atoms. The molecule has 2 N–H and O–H groups in total. The number of nitrogens with zero attached hydrogens (tertiary/aromatic N) is 2. The Morgan fingerprint density at radius 2 is 2.00 bits per heavy atom. The predicted molar refractivity (Wildman–Crippen MR) is 74.4 cm³/mol. The molecule has 2 amide bonds. The Morgan fingerprint density at radius 3 is 2.50 bits per heavy atom. The zero-order valence-electron chi connectivity index (χ0n) is 11.5. The van der Waals surface area contributed by atoms with Gasteiger partial charge in [-0.3, -0.25) is 9.69 Å². The lowest BCUT2D eigenvalue weighted by molar-refractivity contribution is -0.137. The minimum Gasteiger partial charge on any atom is -0.481 e. The molecule has 0 aliphatic carbocycles. The van der Waals surface area contributed by atoms with Gasteiger partial charge in [-0.25, -0.2) is 4.79 Å². The van der Waals surface area contributed by atoms with Crippen molar-refractivity contribution >= 4 is 17.7 Å². The molecule has 6 heteroatoms. The molecule has 0 saturated carbocycles. The molecular weight excluding hydrogens is 258 g/mol. The quantitative estimate of drug-likeness (QED) is 0.858. The van der Waals surface area contributed by atoms with Gasteiger partial charge in [0.25, 0.3) is 0 Å². The fraction of sp³-hybridized carbons (Fsp3) is 0.357. The summed E-state index contributed by atoms with van der Waals surface area (Å²) in [7, 11) is 1.61. The van der Waals surface area contributed by atoms with Crippen molar-refractivity contribution in [2.24, 2.45) is 0 Å². The van der Waals surface area contributed by atoms with Crippen LogP contribution in [0.4, 0.5) is 10.5 Å². The van der Waals surface area contributed by atoms with Gasteiger partial charge >= 0.3 is 12.0 Å². The molecule has 20 heavy (non-hydrogen) atoms. The number of carbonyl (C=O) groups is 2. The second-order valence-corrected chi connectivity index (χ2v) is 4.50. The Bertz CT molecular complexity index is 519. The number of benzene rings is 1. The summed E-state index contributed by atoms with van der Waals surface area (Å²) in [5.74, 6) is -0.883. The highest BCUT2D eigenvalue weighted by Crippen LogP contribution is 2.13. The van der Waals surface area contributed by atoms with E-state index in [1.54, 1.807) is 38.2 Å². The Kier molecular flexibility index (Phi) is 5.54. The first-order valence-electron chi connectivity index (χ1n) is 6.20. The van der Waals surface area contributed by atoms with Gasteiger partial charge in [-0.1, -0.05) is 0 Å². The Hall–Kier alpha value is -2.55. The fourth-order valence-electron chi connectivity index (χ4n) is 1.60. The maximum Gasteiger partial charge on any atom is 0.321 e. The van der Waals surface area contributed by atoms with Crippen LogP contribution in [0.1, 0.15) is 25.3 Å². The molecule has 1 unspecified atom stereocenters. The number of nitriles is 1. The van der Waals surface area contributed by atoms with Gasteiger partial charge in [0.05, 0.1) is 11.6 Å². The van der Waals surface area contributed by atoms with Crippen LogP contribution in [0.2, 0.25) is 0 Å². The van der Waals surface area contributed by atoms with Gasteiger partial charge in [-0.05, 0) is 37.6 Å². The van der Waals surface area contributed by atoms with Crippen molar-refractivity contribution in [2.75, 3.05) is 11.9 Å². The predicted octanol–water partition coefficient (Wildman–Crippen LogP) is 1.96. The summed E-state index contributed by atoms with van der Waals surface area (Å²) in [5.41, 5.74) is 1.18. The van der Waals surface area contributed by atoms with E-state index in [0.29, 0.717) is 17.7 Å². The molecular formula is C14H17N3O3. The molecule has 6 nitrogen and oxygen atoms in total. The van der Waals surface area contributed by atoms with Crippen molar-refractivity contribution in [1.29, 1.82) is 5.26 Å². The molecule has 106 valence electrons. The summed E-state index contributed by atoms with van der Waals surface area (Å²) in [6.45, 7) is 1.76. The molecule has 0 heterocycles. The maximum absolute atomic E-state index is 12.0. The highest BCUT2D eigenvalue weighted by atomic mass is 16.4. The number of rotatable bonds is 5. The summed E-state index contributed by atoms with van der Waals surface area (Å²) in [6.07, 6.45) is 0.393. The molecule has 0 saturated heterocycles. The smallest absolute Gasteiger partial charge is 0.321 e. The van der Waals surface area contributed by atoms with E-state index in [1.165, 1.54) is 4.90 Å². The standard InChI is InChI=1S/C14H17N3O3/c1-10(3-8-13(18)19)16-14(20)17(2)12-6-4-11(9-15)5-7-12/h4-7,10H,3,8H2,1-2H3,(H,16,20)(H,18,19). The van der Waals surface area contributed by atoms with E-state index in [2.05, 4.69) is 5.32 Å². The number of carbonyl (C=O) groups excluding carboxylic acids is 1. The van der Waals surface area contributed by atoms with Crippen LogP contribution in [-0.2, 0) is 4.79 Å². The average Bonchev–Trinajstić information content (AvgIpc) is 2.44. The van der Waals surface area contributed by atoms with Gasteiger partial charge in [0.15, 0.2) is 0 Å². The second kappa shape index (κ2) is 7.14. The molecule has 1 aromatic carbocycles. The number of carboxylic acids is 1. The summed E-state index contributed by atoms with van der Waals surface area (Å²) in [6, 6.07) is 8.10. The molecule has 1 rings (SSSR count). The third kappa shape index (κ3) is 4.61. The summed E-state index contributed by atoms with van der Waals surface area (Å²) in [5, 5.41) is 20.0. The number of aliphatic carboxylic acids is 1. The third-order valence-electron chi connectivity index (χ3n) is 2.85. The first kappa shape index (κ1) is 15.5. The molecule has 0 aliphatic heterocycles. The first-order chi connectivity index (χ1) is 9.43. The Balaban J connectivity index is 2.57. The third-order valence-corrected chi connectivity index (χ3v) is 2.85. The number of hydrogen-bond donors (Lipinski definition) is 2. The highest BCUT2D eigenvalue weighted by molar-refractivity contribution is 5.91. The largest absolute Gasteiger partial charge is 0.481 e. The Morgan fingerprint density at radius 1 is 1.40 bits per heavy atom. The van der Waals surface area contributed by atoms with Crippen LogP contribution < -0.4 is 10.2 Å². The van der Waals surface area contributed by atoms with E-state index in [4.69, 9.17) is 10.4 Å². The van der Waals surface area contributed by atoms with E-state index in [1.807, 2.05) is 6.07 Å². The highest BCUT2D eigenvalue weighted by Gasteiger charge is 2.14. The maximum atomic E-state index is 12.0. The topological polar surface area (TPSA) is 93.4 Å². The van der Waals surface area contributed by atoms with Crippen molar-refractivity contribution in [2.45, 2.75) is 25.8 Å². The summed E-state index contributed by atoms with van der Waals surface area (Å²) >= 11 is 0. The number of anilines is 1. The fourth-order valence-corrected chi connectivity index (χ4v) is 1.60. The number of hydrogen-bond acceptors (Lipinski definition) is 3. The van der Waals surface area contributed by atoms with Crippen LogP contribution in [0, 0.1) is 11.3 Å². The van der Waals surface area contributed by atoms with Crippen LogP contribution in [0.5, 0.6) is 0 Å². The van der Waals surface area contributed by atoms with Crippen molar-refractivity contribution < 1.29 is 14.7 Å². The molecule has 0 aliphatic rings. The van der Waals surface area contributed by atoms with Gasteiger partial charge in [-0.2, -0.15) is 5.26 Å². The molecule has 0 radical (unpaired) electrons. The van der Waals surface area contributed by atoms with Crippen LogP contribution in [-0.4, -0.2) is 30.2 Å². The molecule has 0 aromatic heterocycles. The SMILES string of the molecule is CC(CCC(=O)O)NC(=O)N(C)c1ccc(C#N)cc1. The molecule has 0 bridgehead atoms. The zero-order valence-corrected chi connectivity index (χ0v) is 11.5. The number of carboxylic acid groups (broad SMARTS) is 1. The van der Waals surface area contributed by atoms with E-state index in [-0.39, 0.29) is 18.5 Å². The number of nitrogens with one attached hydrogen (secondary N) is 1. The van der Waals surface area contributed by atoms with E-state index >= 15 is 0 Å². The van der Waals surface area contributed by atoms with E-state index < -0.39 is 5.97 Å². The lowest BCUT2D eigenvalue weighted by Crippen LogP contribution is -2.42. The minimum atomic E-state index is -0.883.